The predicted molar refractivity (Wildman–Crippen MR) is 121 cm³/mol. The molecular weight excluding hydrogens is 428 g/mol. The first-order valence-electron chi connectivity index (χ1n) is 11.3. The van der Waals surface area contributed by atoms with E-state index in [0.29, 0.717) is 24.1 Å². The number of fused-ring (bicyclic) bond motifs is 1. The van der Waals surface area contributed by atoms with Gasteiger partial charge >= 0.3 is 0 Å². The average molecular weight is 459 g/mol. The van der Waals surface area contributed by atoms with Gasteiger partial charge in [0, 0.05) is 37.7 Å². The Morgan fingerprint density at radius 1 is 1.12 bits per heavy atom. The summed E-state index contributed by atoms with van der Waals surface area (Å²) in [6, 6.07) is 7.61. The maximum atomic E-state index is 12.7. The second-order valence-electron chi connectivity index (χ2n) is 8.62. The molecule has 2 aromatic rings. The topological polar surface area (TPSA) is 77.1 Å². The zero-order chi connectivity index (χ0) is 22.3. The molecule has 7 nitrogen and oxygen atoms in total. The minimum Gasteiger partial charge on any atom is -0.493 e. The Bertz CT molecular complexity index is 1130. The molecule has 1 atom stereocenters. The van der Waals surface area contributed by atoms with Crippen molar-refractivity contribution in [2.24, 2.45) is 0 Å². The van der Waals surface area contributed by atoms with Crippen LogP contribution in [0.3, 0.4) is 0 Å². The van der Waals surface area contributed by atoms with Gasteiger partial charge in [0.2, 0.25) is 10.0 Å². The maximum Gasteiger partial charge on any atom is 0.240 e. The zero-order valence-electron chi connectivity index (χ0n) is 18.6. The van der Waals surface area contributed by atoms with Crippen LogP contribution in [-0.4, -0.2) is 53.8 Å². The summed E-state index contributed by atoms with van der Waals surface area (Å²) in [5.41, 5.74) is 4.99. The van der Waals surface area contributed by atoms with E-state index >= 15 is 0 Å². The standard InChI is InChI=1S/C24H30N2O5S/c1-29-22-15-17-8-12-26(20-6-5-19(23(17)20)24(22)30-2)11-3-10-25-32(27,28)18-4-7-21-16(14-18)9-13-31-21/h4,7,14-15,20,25H,3,5-6,8-13H2,1-2H3. The molecule has 32 heavy (non-hydrogen) atoms. The van der Waals surface area contributed by atoms with Crippen molar-refractivity contribution in [2.45, 2.75) is 43.0 Å². The van der Waals surface area contributed by atoms with E-state index in [1.807, 2.05) is 0 Å². The first-order chi connectivity index (χ1) is 15.5. The molecule has 0 fully saturated rings. The van der Waals surface area contributed by atoms with Crippen molar-refractivity contribution in [3.8, 4) is 17.2 Å². The Morgan fingerprint density at radius 2 is 2.00 bits per heavy atom. The largest absolute Gasteiger partial charge is 0.493 e. The van der Waals surface area contributed by atoms with E-state index in [9.17, 15) is 8.42 Å². The summed E-state index contributed by atoms with van der Waals surface area (Å²) in [5.74, 6) is 2.48. The molecule has 3 aliphatic rings. The van der Waals surface area contributed by atoms with Crippen LogP contribution in [0.1, 0.15) is 41.1 Å². The van der Waals surface area contributed by atoms with Crippen molar-refractivity contribution in [3.05, 3.63) is 46.5 Å². The Morgan fingerprint density at radius 3 is 2.81 bits per heavy atom. The molecule has 0 saturated carbocycles. The highest BCUT2D eigenvalue weighted by Crippen LogP contribution is 2.48. The predicted octanol–water partition coefficient (Wildman–Crippen LogP) is 2.85. The molecule has 0 spiro atoms. The number of benzene rings is 2. The van der Waals surface area contributed by atoms with Crippen LogP contribution in [0.4, 0.5) is 0 Å². The molecule has 0 amide bonds. The third-order valence-electron chi connectivity index (χ3n) is 6.89. The fraction of sp³-hybridized carbons (Fsp3) is 0.500. The molecule has 1 N–H and O–H groups in total. The van der Waals surface area contributed by atoms with Crippen LogP contribution < -0.4 is 18.9 Å². The minimum atomic E-state index is -3.51. The average Bonchev–Trinajstić information content (AvgIpc) is 3.45. The summed E-state index contributed by atoms with van der Waals surface area (Å²) in [6.45, 7) is 2.88. The van der Waals surface area contributed by atoms with E-state index in [2.05, 4.69) is 15.7 Å². The first-order valence-corrected chi connectivity index (χ1v) is 12.8. The maximum absolute atomic E-state index is 12.7. The van der Waals surface area contributed by atoms with Gasteiger partial charge in [0.15, 0.2) is 11.5 Å². The molecule has 0 radical (unpaired) electrons. The van der Waals surface area contributed by atoms with Gasteiger partial charge in [-0.25, -0.2) is 13.1 Å². The number of hydrogen-bond donors (Lipinski definition) is 1. The molecule has 5 rings (SSSR count). The van der Waals surface area contributed by atoms with Crippen LogP contribution in [-0.2, 0) is 29.3 Å². The van der Waals surface area contributed by atoms with Crippen LogP contribution in [0, 0.1) is 0 Å². The molecule has 2 aliphatic heterocycles. The lowest BCUT2D eigenvalue weighted by atomic mass is 9.92. The highest BCUT2D eigenvalue weighted by molar-refractivity contribution is 7.89. The molecule has 8 heteroatoms. The van der Waals surface area contributed by atoms with Crippen molar-refractivity contribution >= 4 is 10.0 Å². The van der Waals surface area contributed by atoms with Gasteiger partial charge in [-0.05, 0) is 66.6 Å². The van der Waals surface area contributed by atoms with Gasteiger partial charge in [0.25, 0.3) is 0 Å². The molecule has 1 unspecified atom stereocenters. The van der Waals surface area contributed by atoms with Crippen LogP contribution in [0.25, 0.3) is 0 Å². The van der Waals surface area contributed by atoms with Gasteiger partial charge in [-0.1, -0.05) is 0 Å². The number of ether oxygens (including phenoxy) is 3. The molecule has 0 saturated heterocycles. The molecule has 2 heterocycles. The van der Waals surface area contributed by atoms with Crippen LogP contribution in [0.2, 0.25) is 0 Å². The van der Waals surface area contributed by atoms with Gasteiger partial charge < -0.3 is 14.2 Å². The van der Waals surface area contributed by atoms with Gasteiger partial charge in [-0.2, -0.15) is 0 Å². The Kier molecular flexibility index (Phi) is 5.77. The molecule has 0 aromatic heterocycles. The SMILES string of the molecule is COc1cc2c3c(c1OC)CCC3N(CCCNS(=O)(=O)c1ccc3c(c1)CCO3)CC2. The van der Waals surface area contributed by atoms with E-state index in [1.54, 1.807) is 32.4 Å². The van der Waals surface area contributed by atoms with E-state index in [1.165, 1.54) is 16.7 Å². The van der Waals surface area contributed by atoms with Crippen molar-refractivity contribution in [1.29, 1.82) is 0 Å². The van der Waals surface area contributed by atoms with Gasteiger partial charge in [-0.3, -0.25) is 4.90 Å². The van der Waals surface area contributed by atoms with Crippen molar-refractivity contribution in [2.75, 3.05) is 40.5 Å². The number of nitrogens with zero attached hydrogens (tertiary/aromatic N) is 1. The monoisotopic (exact) mass is 458 g/mol. The van der Waals surface area contributed by atoms with E-state index in [0.717, 1.165) is 68.0 Å². The number of rotatable bonds is 8. The summed E-state index contributed by atoms with van der Waals surface area (Å²) >= 11 is 0. The third kappa shape index (κ3) is 3.74. The third-order valence-corrected chi connectivity index (χ3v) is 8.35. The molecule has 2 aromatic carbocycles. The number of sulfonamides is 1. The van der Waals surface area contributed by atoms with Gasteiger partial charge in [0.05, 0.1) is 25.7 Å². The summed E-state index contributed by atoms with van der Waals surface area (Å²) in [6.07, 6.45) is 4.55. The smallest absolute Gasteiger partial charge is 0.240 e. The highest BCUT2D eigenvalue weighted by atomic mass is 32.2. The quantitative estimate of drug-likeness (QED) is 0.613. The summed E-state index contributed by atoms with van der Waals surface area (Å²) in [7, 11) is -0.120. The van der Waals surface area contributed by atoms with Crippen LogP contribution in [0.5, 0.6) is 17.2 Å². The Balaban J connectivity index is 1.22. The Hall–Kier alpha value is -2.29. The van der Waals surface area contributed by atoms with Crippen molar-refractivity contribution in [1.82, 2.24) is 9.62 Å². The lowest BCUT2D eigenvalue weighted by Crippen LogP contribution is -2.36. The highest BCUT2D eigenvalue weighted by Gasteiger charge is 2.36. The minimum absolute atomic E-state index is 0.315. The molecule has 1 aliphatic carbocycles. The molecular formula is C24H30N2O5S. The lowest BCUT2D eigenvalue weighted by molar-refractivity contribution is 0.184. The van der Waals surface area contributed by atoms with Crippen molar-refractivity contribution < 1.29 is 22.6 Å². The second kappa shape index (κ2) is 8.57. The van der Waals surface area contributed by atoms with Crippen molar-refractivity contribution in [3.63, 3.8) is 0 Å². The van der Waals surface area contributed by atoms with E-state index in [-0.39, 0.29) is 0 Å². The summed E-state index contributed by atoms with van der Waals surface area (Å²) in [4.78, 5) is 2.81. The van der Waals surface area contributed by atoms with Gasteiger partial charge in [-0.15, -0.1) is 0 Å². The number of methoxy groups -OCH3 is 2. The number of hydrogen-bond acceptors (Lipinski definition) is 6. The zero-order valence-corrected chi connectivity index (χ0v) is 19.5. The lowest BCUT2D eigenvalue weighted by Gasteiger charge is -2.35. The number of nitrogens with one attached hydrogen (secondary N) is 1. The fourth-order valence-corrected chi connectivity index (χ4v) is 6.52. The van der Waals surface area contributed by atoms with E-state index < -0.39 is 10.0 Å². The fourth-order valence-electron chi connectivity index (χ4n) is 5.39. The van der Waals surface area contributed by atoms with E-state index in [4.69, 9.17) is 14.2 Å². The molecule has 172 valence electrons. The van der Waals surface area contributed by atoms with Crippen LogP contribution in [0.15, 0.2) is 29.2 Å². The summed E-state index contributed by atoms with van der Waals surface area (Å²) in [5, 5.41) is 0. The Labute approximate surface area is 189 Å². The normalized spacial score (nSPS) is 19.4. The summed E-state index contributed by atoms with van der Waals surface area (Å²) < 4.78 is 44.9. The van der Waals surface area contributed by atoms with Crippen LogP contribution >= 0.6 is 0 Å². The van der Waals surface area contributed by atoms with Gasteiger partial charge in [0.1, 0.15) is 5.75 Å². The second-order valence-corrected chi connectivity index (χ2v) is 10.4. The first kappa shape index (κ1) is 21.6. The molecule has 0 bridgehead atoms.